The highest BCUT2D eigenvalue weighted by molar-refractivity contribution is 6.04. The molecule has 2 rings (SSSR count). The molecule has 1 aromatic carbocycles. The molecule has 0 bridgehead atoms. The molecule has 3 heteroatoms. The zero-order valence-corrected chi connectivity index (χ0v) is 9.37. The summed E-state index contributed by atoms with van der Waals surface area (Å²) in [6.45, 7) is 4.78. The van der Waals surface area contributed by atoms with Crippen molar-refractivity contribution in [2.75, 3.05) is 18.5 Å². The third-order valence-corrected chi connectivity index (χ3v) is 2.90. The lowest BCUT2D eigenvalue weighted by Gasteiger charge is -2.14. The van der Waals surface area contributed by atoms with Crippen LogP contribution in [-0.2, 0) is 4.79 Å². The molecule has 80 valence electrons. The molecular weight excluding hydrogens is 188 g/mol. The van der Waals surface area contributed by atoms with Crippen LogP contribution in [0.4, 0.5) is 5.69 Å². The van der Waals surface area contributed by atoms with Gasteiger partial charge in [0.2, 0.25) is 5.91 Å². The van der Waals surface area contributed by atoms with Gasteiger partial charge in [-0.1, -0.05) is 17.7 Å². The highest BCUT2D eigenvalue weighted by atomic mass is 16.2. The summed E-state index contributed by atoms with van der Waals surface area (Å²) in [5.74, 6) is 0.153. The number of likely N-dealkylation sites (N-methyl/N-ethyl adjacent to an activating group) is 2. The average Bonchev–Trinajstić information content (AvgIpc) is 2.48. The van der Waals surface area contributed by atoms with Gasteiger partial charge in [0.1, 0.15) is 6.04 Å². The summed E-state index contributed by atoms with van der Waals surface area (Å²) < 4.78 is 0. The second kappa shape index (κ2) is 3.66. The van der Waals surface area contributed by atoms with Crippen molar-refractivity contribution in [2.45, 2.75) is 19.9 Å². The van der Waals surface area contributed by atoms with Crippen molar-refractivity contribution in [3.8, 4) is 0 Å². The van der Waals surface area contributed by atoms with E-state index in [2.05, 4.69) is 11.4 Å². The number of fused-ring (bicyclic) bond motifs is 1. The van der Waals surface area contributed by atoms with E-state index in [0.29, 0.717) is 0 Å². The van der Waals surface area contributed by atoms with Gasteiger partial charge in [0.05, 0.1) is 0 Å². The van der Waals surface area contributed by atoms with Crippen LogP contribution in [0.2, 0.25) is 0 Å². The molecule has 1 aliphatic heterocycles. The Labute approximate surface area is 90.1 Å². The van der Waals surface area contributed by atoms with Crippen molar-refractivity contribution in [2.24, 2.45) is 0 Å². The maximum Gasteiger partial charge on any atom is 0.248 e. The molecule has 0 radical (unpaired) electrons. The first-order valence-electron chi connectivity index (χ1n) is 5.28. The maximum absolute atomic E-state index is 12.0. The van der Waals surface area contributed by atoms with Crippen molar-refractivity contribution in [1.82, 2.24) is 5.32 Å². The van der Waals surface area contributed by atoms with Crippen molar-refractivity contribution in [1.29, 1.82) is 0 Å². The minimum absolute atomic E-state index is 0.153. The Morgan fingerprint density at radius 2 is 2.20 bits per heavy atom. The number of amides is 1. The molecule has 1 aromatic rings. The number of carbonyl (C=O) groups is 1. The molecule has 0 saturated carbocycles. The Balaban J connectivity index is 2.53. The monoisotopic (exact) mass is 204 g/mol. The Morgan fingerprint density at radius 1 is 1.47 bits per heavy atom. The van der Waals surface area contributed by atoms with Gasteiger partial charge in [0.25, 0.3) is 0 Å². The van der Waals surface area contributed by atoms with Crippen molar-refractivity contribution in [3.63, 3.8) is 0 Å². The number of hydrogen-bond donors (Lipinski definition) is 1. The molecule has 0 aliphatic carbocycles. The Hall–Kier alpha value is -1.35. The predicted molar refractivity (Wildman–Crippen MR) is 61.0 cm³/mol. The second-order valence-electron chi connectivity index (χ2n) is 3.87. The SMILES string of the molecule is CCN1C(=O)C(NC)c2cc(C)ccc21. The molecule has 1 atom stereocenters. The fourth-order valence-corrected chi connectivity index (χ4v) is 2.16. The molecule has 1 aliphatic rings. The van der Waals surface area contributed by atoms with E-state index in [0.717, 1.165) is 17.8 Å². The summed E-state index contributed by atoms with van der Waals surface area (Å²) in [6.07, 6.45) is 0. The summed E-state index contributed by atoms with van der Waals surface area (Å²) in [6, 6.07) is 6.00. The number of benzene rings is 1. The van der Waals surface area contributed by atoms with Gasteiger partial charge in [-0.25, -0.2) is 0 Å². The van der Waals surface area contributed by atoms with Crippen LogP contribution in [0.15, 0.2) is 18.2 Å². The van der Waals surface area contributed by atoms with Crippen LogP contribution in [0, 0.1) is 6.92 Å². The van der Waals surface area contributed by atoms with Gasteiger partial charge in [0, 0.05) is 17.8 Å². The van der Waals surface area contributed by atoms with Crippen LogP contribution in [0.25, 0.3) is 0 Å². The van der Waals surface area contributed by atoms with E-state index < -0.39 is 0 Å². The molecule has 0 fully saturated rings. The van der Waals surface area contributed by atoms with Crippen LogP contribution in [0.1, 0.15) is 24.1 Å². The van der Waals surface area contributed by atoms with Crippen molar-refractivity contribution < 1.29 is 4.79 Å². The zero-order valence-electron chi connectivity index (χ0n) is 9.37. The van der Waals surface area contributed by atoms with Gasteiger partial charge in [-0.3, -0.25) is 4.79 Å². The summed E-state index contributed by atoms with van der Waals surface area (Å²) >= 11 is 0. The number of carbonyl (C=O) groups excluding carboxylic acids is 1. The third kappa shape index (κ3) is 1.43. The Kier molecular flexibility index (Phi) is 2.49. The first kappa shape index (κ1) is 10.2. The van der Waals surface area contributed by atoms with Gasteiger partial charge in [-0.15, -0.1) is 0 Å². The lowest BCUT2D eigenvalue weighted by molar-refractivity contribution is -0.119. The number of hydrogen-bond acceptors (Lipinski definition) is 2. The van der Waals surface area contributed by atoms with Gasteiger partial charge >= 0.3 is 0 Å². The number of anilines is 1. The summed E-state index contributed by atoms with van der Waals surface area (Å²) in [5, 5.41) is 3.07. The van der Waals surface area contributed by atoms with Crippen molar-refractivity contribution in [3.05, 3.63) is 29.3 Å². The van der Waals surface area contributed by atoms with E-state index >= 15 is 0 Å². The van der Waals surface area contributed by atoms with Gasteiger partial charge < -0.3 is 10.2 Å². The molecular formula is C12H16N2O. The smallest absolute Gasteiger partial charge is 0.248 e. The van der Waals surface area contributed by atoms with Crippen molar-refractivity contribution >= 4 is 11.6 Å². The molecule has 1 N–H and O–H groups in total. The molecule has 0 saturated heterocycles. The lowest BCUT2D eigenvalue weighted by Crippen LogP contribution is -2.32. The van der Waals surface area contributed by atoms with Gasteiger partial charge in [0.15, 0.2) is 0 Å². The first-order chi connectivity index (χ1) is 7.19. The standard InChI is InChI=1S/C12H16N2O/c1-4-14-10-6-5-8(2)7-9(10)11(13-3)12(14)15/h5-7,11,13H,4H2,1-3H3. The zero-order chi connectivity index (χ0) is 11.0. The predicted octanol–water partition coefficient (Wildman–Crippen LogP) is 1.62. The Bertz CT molecular complexity index is 401. The minimum Gasteiger partial charge on any atom is -0.311 e. The largest absolute Gasteiger partial charge is 0.311 e. The van der Waals surface area contributed by atoms with Crippen LogP contribution in [0.3, 0.4) is 0 Å². The fourth-order valence-electron chi connectivity index (χ4n) is 2.16. The third-order valence-electron chi connectivity index (χ3n) is 2.90. The molecule has 0 spiro atoms. The second-order valence-corrected chi connectivity index (χ2v) is 3.87. The molecule has 15 heavy (non-hydrogen) atoms. The topological polar surface area (TPSA) is 32.3 Å². The molecule has 1 heterocycles. The van der Waals surface area contributed by atoms with Crippen LogP contribution >= 0.6 is 0 Å². The molecule has 1 unspecified atom stereocenters. The van der Waals surface area contributed by atoms with Crippen LogP contribution < -0.4 is 10.2 Å². The number of nitrogens with one attached hydrogen (secondary N) is 1. The summed E-state index contributed by atoms with van der Waals surface area (Å²) in [4.78, 5) is 13.8. The van der Waals surface area contributed by atoms with Gasteiger partial charge in [-0.05, 0) is 27.0 Å². The normalized spacial score (nSPS) is 19.5. The summed E-state index contributed by atoms with van der Waals surface area (Å²) in [7, 11) is 1.83. The average molecular weight is 204 g/mol. The van der Waals surface area contributed by atoms with E-state index in [9.17, 15) is 4.79 Å². The van der Waals surface area contributed by atoms with Crippen LogP contribution in [0.5, 0.6) is 0 Å². The Morgan fingerprint density at radius 3 is 2.80 bits per heavy atom. The van der Waals surface area contributed by atoms with E-state index in [1.54, 1.807) is 0 Å². The highest BCUT2D eigenvalue weighted by Crippen LogP contribution is 2.35. The lowest BCUT2D eigenvalue weighted by atomic mass is 10.1. The minimum atomic E-state index is -0.167. The molecule has 0 aromatic heterocycles. The number of nitrogens with zero attached hydrogens (tertiary/aromatic N) is 1. The van der Waals surface area contributed by atoms with E-state index in [-0.39, 0.29) is 11.9 Å². The first-order valence-corrected chi connectivity index (χ1v) is 5.28. The highest BCUT2D eigenvalue weighted by Gasteiger charge is 2.35. The fraction of sp³-hybridized carbons (Fsp3) is 0.417. The van der Waals surface area contributed by atoms with E-state index in [4.69, 9.17) is 0 Å². The molecule has 3 nitrogen and oxygen atoms in total. The number of rotatable bonds is 2. The van der Waals surface area contributed by atoms with E-state index in [1.165, 1.54) is 5.56 Å². The van der Waals surface area contributed by atoms with E-state index in [1.807, 2.05) is 37.9 Å². The molecule has 1 amide bonds. The number of aryl methyl sites for hydroxylation is 1. The quantitative estimate of drug-likeness (QED) is 0.794. The maximum atomic E-state index is 12.0. The van der Waals surface area contributed by atoms with Crippen LogP contribution in [-0.4, -0.2) is 19.5 Å². The summed E-state index contributed by atoms with van der Waals surface area (Å²) in [5.41, 5.74) is 3.34. The van der Waals surface area contributed by atoms with Gasteiger partial charge in [-0.2, -0.15) is 0 Å².